The zero-order chi connectivity index (χ0) is 8.97. The molecule has 5 heteroatoms. The summed E-state index contributed by atoms with van der Waals surface area (Å²) in [7, 11) is 1.65. The molecule has 0 aliphatic carbocycles. The quantitative estimate of drug-likeness (QED) is 0.519. The van der Waals surface area contributed by atoms with Crippen LogP contribution in [-0.4, -0.2) is 18.0 Å². The minimum atomic E-state index is 0.459. The maximum Gasteiger partial charge on any atom is 0.188 e. The van der Waals surface area contributed by atoms with Gasteiger partial charge in [-0.3, -0.25) is 4.99 Å². The molecule has 0 radical (unpaired) electrons. The fraction of sp³-hybridized carbons (Fsp3) is 0.429. The number of nitrogens with two attached hydrogens (primary N) is 1. The van der Waals surface area contributed by atoms with Crippen molar-refractivity contribution in [3.8, 4) is 0 Å². The van der Waals surface area contributed by atoms with Gasteiger partial charge in [-0.15, -0.1) is 11.3 Å². The summed E-state index contributed by atoms with van der Waals surface area (Å²) in [5.74, 6) is 0.459. The molecule has 0 aliphatic rings. The van der Waals surface area contributed by atoms with E-state index in [-0.39, 0.29) is 0 Å². The van der Waals surface area contributed by atoms with Gasteiger partial charge in [0.2, 0.25) is 0 Å². The number of hydrogen-bond donors (Lipinski definition) is 2. The number of aryl methyl sites for hydroxylation is 1. The minimum Gasteiger partial charge on any atom is -0.370 e. The molecule has 0 amide bonds. The van der Waals surface area contributed by atoms with Crippen LogP contribution in [0.2, 0.25) is 0 Å². The van der Waals surface area contributed by atoms with E-state index in [0.29, 0.717) is 12.5 Å². The molecule has 0 saturated heterocycles. The van der Waals surface area contributed by atoms with Crippen molar-refractivity contribution >= 4 is 17.3 Å². The van der Waals surface area contributed by atoms with Crippen LogP contribution in [0.5, 0.6) is 0 Å². The molecular weight excluding hydrogens is 172 g/mol. The summed E-state index contributed by atoms with van der Waals surface area (Å²) in [6.45, 7) is 2.68. The molecule has 1 heterocycles. The summed E-state index contributed by atoms with van der Waals surface area (Å²) in [5.41, 5.74) is 5.45. The van der Waals surface area contributed by atoms with Gasteiger partial charge < -0.3 is 11.1 Å². The summed E-state index contributed by atoms with van der Waals surface area (Å²) < 4.78 is 0. The Kier molecular flexibility index (Phi) is 3.04. The van der Waals surface area contributed by atoms with Crippen molar-refractivity contribution in [3.05, 3.63) is 16.1 Å². The third kappa shape index (κ3) is 2.50. The van der Waals surface area contributed by atoms with E-state index in [1.807, 2.05) is 13.1 Å². The van der Waals surface area contributed by atoms with Crippen LogP contribution in [0.4, 0.5) is 0 Å². The molecule has 0 fully saturated rings. The first-order chi connectivity index (χ1) is 5.72. The van der Waals surface area contributed by atoms with Crippen molar-refractivity contribution in [2.45, 2.75) is 13.5 Å². The highest BCUT2D eigenvalue weighted by Gasteiger charge is 1.97. The van der Waals surface area contributed by atoms with Gasteiger partial charge >= 0.3 is 0 Å². The van der Waals surface area contributed by atoms with Crippen LogP contribution in [0.3, 0.4) is 0 Å². The van der Waals surface area contributed by atoms with Gasteiger partial charge in [-0.2, -0.15) is 0 Å². The molecule has 0 bridgehead atoms. The third-order valence-corrected chi connectivity index (χ3v) is 2.27. The van der Waals surface area contributed by atoms with Gasteiger partial charge in [0.25, 0.3) is 0 Å². The third-order valence-electron chi connectivity index (χ3n) is 1.35. The maximum absolute atomic E-state index is 5.45. The monoisotopic (exact) mass is 184 g/mol. The second-order valence-electron chi connectivity index (χ2n) is 2.31. The standard InChI is InChI=1S/C7H12N4S/c1-5-10-3-6(12-5)4-11-7(8)9-2/h3H,4H2,1-2H3,(H3,8,9,11). The molecule has 0 atom stereocenters. The number of aliphatic imine (C=N–C) groups is 1. The smallest absolute Gasteiger partial charge is 0.188 e. The molecule has 1 aromatic rings. The Hall–Kier alpha value is -1.10. The molecular formula is C7H12N4S. The van der Waals surface area contributed by atoms with E-state index in [9.17, 15) is 0 Å². The van der Waals surface area contributed by atoms with Crippen LogP contribution < -0.4 is 11.1 Å². The van der Waals surface area contributed by atoms with Crippen LogP contribution in [0.1, 0.15) is 9.88 Å². The van der Waals surface area contributed by atoms with Crippen molar-refractivity contribution in [2.24, 2.45) is 10.7 Å². The highest BCUT2D eigenvalue weighted by atomic mass is 32.1. The van der Waals surface area contributed by atoms with Gasteiger partial charge in [0.1, 0.15) is 0 Å². The van der Waals surface area contributed by atoms with Crippen molar-refractivity contribution in [2.75, 3.05) is 7.05 Å². The topological polar surface area (TPSA) is 63.3 Å². The van der Waals surface area contributed by atoms with Crippen LogP contribution in [-0.2, 0) is 6.54 Å². The lowest BCUT2D eigenvalue weighted by Crippen LogP contribution is -2.30. The largest absolute Gasteiger partial charge is 0.370 e. The lowest BCUT2D eigenvalue weighted by Gasteiger charge is -2.00. The zero-order valence-corrected chi connectivity index (χ0v) is 7.98. The first kappa shape index (κ1) is 8.99. The molecule has 1 rings (SSSR count). The maximum atomic E-state index is 5.45. The molecule has 0 saturated carbocycles. The molecule has 0 aliphatic heterocycles. The van der Waals surface area contributed by atoms with E-state index >= 15 is 0 Å². The normalized spacial score (nSPS) is 11.7. The number of nitrogens with zero attached hydrogens (tertiary/aromatic N) is 2. The number of thiazole rings is 1. The summed E-state index contributed by atoms with van der Waals surface area (Å²) in [4.78, 5) is 9.06. The second-order valence-corrected chi connectivity index (χ2v) is 3.63. The minimum absolute atomic E-state index is 0.459. The van der Waals surface area contributed by atoms with Gasteiger partial charge in [0.05, 0.1) is 11.6 Å². The van der Waals surface area contributed by atoms with E-state index in [1.54, 1.807) is 18.4 Å². The van der Waals surface area contributed by atoms with Crippen molar-refractivity contribution in [3.63, 3.8) is 0 Å². The van der Waals surface area contributed by atoms with Crippen LogP contribution in [0.15, 0.2) is 11.2 Å². The molecule has 66 valence electrons. The lowest BCUT2D eigenvalue weighted by atomic mass is 10.5. The van der Waals surface area contributed by atoms with Crippen LogP contribution >= 0.6 is 11.3 Å². The van der Waals surface area contributed by atoms with Gasteiger partial charge in [0.15, 0.2) is 5.96 Å². The Morgan fingerprint density at radius 2 is 2.58 bits per heavy atom. The SMILES string of the molecule is CN=C(N)NCc1cnc(C)s1. The molecule has 0 spiro atoms. The number of rotatable bonds is 2. The lowest BCUT2D eigenvalue weighted by molar-refractivity contribution is 0.915. The molecule has 1 aromatic heterocycles. The number of nitrogens with one attached hydrogen (secondary N) is 1. The number of hydrogen-bond acceptors (Lipinski definition) is 3. The summed E-state index contributed by atoms with van der Waals surface area (Å²) in [5, 5.41) is 4.03. The van der Waals surface area contributed by atoms with Crippen LogP contribution in [0.25, 0.3) is 0 Å². The molecule has 3 N–H and O–H groups in total. The van der Waals surface area contributed by atoms with Crippen molar-refractivity contribution in [1.29, 1.82) is 0 Å². The highest BCUT2D eigenvalue weighted by Crippen LogP contribution is 2.10. The first-order valence-corrected chi connectivity index (χ1v) is 4.41. The first-order valence-electron chi connectivity index (χ1n) is 3.60. The molecule has 0 unspecified atom stereocenters. The predicted molar refractivity (Wildman–Crippen MR) is 51.2 cm³/mol. The molecule has 4 nitrogen and oxygen atoms in total. The van der Waals surface area contributed by atoms with Crippen LogP contribution in [0, 0.1) is 6.92 Å². The fourth-order valence-electron chi connectivity index (χ4n) is 0.744. The van der Waals surface area contributed by atoms with Gasteiger partial charge in [0, 0.05) is 18.1 Å². The Morgan fingerprint density at radius 3 is 3.08 bits per heavy atom. The predicted octanol–water partition coefficient (Wildman–Crippen LogP) is 0.486. The average Bonchev–Trinajstić information content (AvgIpc) is 2.47. The van der Waals surface area contributed by atoms with Gasteiger partial charge in [-0.25, -0.2) is 4.98 Å². The van der Waals surface area contributed by atoms with E-state index in [2.05, 4.69) is 15.3 Å². The van der Waals surface area contributed by atoms with Gasteiger partial charge in [-0.05, 0) is 6.92 Å². The van der Waals surface area contributed by atoms with Gasteiger partial charge in [-0.1, -0.05) is 0 Å². The Labute approximate surface area is 75.5 Å². The zero-order valence-electron chi connectivity index (χ0n) is 7.16. The fourth-order valence-corrected chi connectivity index (χ4v) is 1.48. The molecule has 12 heavy (non-hydrogen) atoms. The number of aromatic nitrogens is 1. The summed E-state index contributed by atoms with van der Waals surface area (Å²) in [6.07, 6.45) is 1.84. The second kappa shape index (κ2) is 4.06. The summed E-state index contributed by atoms with van der Waals surface area (Å²) in [6, 6.07) is 0. The van der Waals surface area contributed by atoms with E-state index in [4.69, 9.17) is 5.73 Å². The Bertz CT molecular complexity index is 279. The van der Waals surface area contributed by atoms with E-state index < -0.39 is 0 Å². The van der Waals surface area contributed by atoms with Crippen molar-refractivity contribution in [1.82, 2.24) is 10.3 Å². The van der Waals surface area contributed by atoms with Crippen molar-refractivity contribution < 1.29 is 0 Å². The van der Waals surface area contributed by atoms with E-state index in [1.165, 1.54) is 4.88 Å². The Morgan fingerprint density at radius 1 is 1.83 bits per heavy atom. The Balaban J connectivity index is 2.43. The molecule has 0 aromatic carbocycles. The van der Waals surface area contributed by atoms with E-state index in [0.717, 1.165) is 5.01 Å². The summed E-state index contributed by atoms with van der Waals surface area (Å²) >= 11 is 1.66. The average molecular weight is 184 g/mol. The highest BCUT2D eigenvalue weighted by molar-refractivity contribution is 7.11. The number of guanidine groups is 1.